The molecule has 2 aromatic carbocycles. The Morgan fingerprint density at radius 2 is 1.88 bits per heavy atom. The van der Waals surface area contributed by atoms with Crippen LogP contribution >= 0.6 is 11.6 Å². The minimum Gasteiger partial charge on any atom is -0.384 e. The molecule has 0 radical (unpaired) electrons. The van der Waals surface area contributed by atoms with Crippen molar-refractivity contribution in [1.82, 2.24) is 14.5 Å². The molecule has 1 atom stereocenters. The van der Waals surface area contributed by atoms with Crippen LogP contribution in [0, 0.1) is 5.92 Å². The summed E-state index contributed by atoms with van der Waals surface area (Å²) in [4.78, 5) is 26.2. The summed E-state index contributed by atoms with van der Waals surface area (Å²) < 4.78 is 7.19. The van der Waals surface area contributed by atoms with Crippen LogP contribution in [0.1, 0.15) is 51.5 Å². The van der Waals surface area contributed by atoms with E-state index in [2.05, 4.69) is 32.6 Å². The number of halogens is 1. The Labute approximate surface area is 206 Å². The average Bonchev–Trinajstić information content (AvgIpc) is 3.09. The first-order chi connectivity index (χ1) is 16.2. The van der Waals surface area contributed by atoms with Gasteiger partial charge in [0, 0.05) is 25.1 Å². The van der Waals surface area contributed by atoms with E-state index in [0.717, 1.165) is 23.8 Å². The molecule has 0 saturated heterocycles. The highest BCUT2D eigenvalue weighted by Gasteiger charge is 2.39. The lowest BCUT2D eigenvalue weighted by molar-refractivity contribution is 0.193. The predicted octanol–water partition coefficient (Wildman–Crippen LogP) is 5.32. The SMILES string of the molecule is COCCC1=NC(C)(C)CN1C(c1nc2cc(Cl)ccc2c(=O)n1Cc1ccccc1)C(C)C. The Balaban J connectivity index is 1.91. The Bertz CT molecular complexity index is 1250. The van der Waals surface area contributed by atoms with Crippen molar-refractivity contribution in [3.05, 3.63) is 75.3 Å². The summed E-state index contributed by atoms with van der Waals surface area (Å²) in [5.41, 5.74) is 1.40. The van der Waals surface area contributed by atoms with Gasteiger partial charge in [-0.05, 0) is 43.5 Å². The zero-order valence-corrected chi connectivity index (χ0v) is 21.3. The van der Waals surface area contributed by atoms with Crippen LogP contribution in [0.4, 0.5) is 0 Å². The van der Waals surface area contributed by atoms with E-state index in [1.165, 1.54) is 0 Å². The second kappa shape index (κ2) is 9.88. The number of hydrogen-bond acceptors (Lipinski definition) is 5. The van der Waals surface area contributed by atoms with Crippen LogP contribution in [0.2, 0.25) is 5.02 Å². The van der Waals surface area contributed by atoms with Gasteiger partial charge in [0.15, 0.2) is 0 Å². The van der Waals surface area contributed by atoms with Gasteiger partial charge < -0.3 is 9.64 Å². The standard InChI is InChI=1S/C27H33ClN4O2/c1-18(2)24(32-17-27(3,4)30-23(32)13-14-34-5)25-29-22-15-20(28)11-12-21(22)26(33)31(25)16-19-9-7-6-8-10-19/h6-12,15,18,24H,13-14,16-17H2,1-5H3. The highest BCUT2D eigenvalue weighted by atomic mass is 35.5. The smallest absolute Gasteiger partial charge is 0.261 e. The van der Waals surface area contributed by atoms with E-state index >= 15 is 0 Å². The molecule has 180 valence electrons. The highest BCUT2D eigenvalue weighted by Crippen LogP contribution is 2.35. The van der Waals surface area contributed by atoms with Gasteiger partial charge >= 0.3 is 0 Å². The fraction of sp³-hybridized carbons (Fsp3) is 0.444. The first-order valence-corrected chi connectivity index (χ1v) is 12.2. The molecule has 6 nitrogen and oxygen atoms in total. The van der Waals surface area contributed by atoms with Crippen molar-refractivity contribution in [2.75, 3.05) is 20.3 Å². The molecule has 2 heterocycles. The molecule has 0 saturated carbocycles. The van der Waals surface area contributed by atoms with Crippen LogP contribution < -0.4 is 5.56 Å². The van der Waals surface area contributed by atoms with Crippen LogP contribution in [0.5, 0.6) is 0 Å². The maximum absolute atomic E-state index is 13.8. The number of nitrogens with zero attached hydrogens (tertiary/aromatic N) is 4. The van der Waals surface area contributed by atoms with Crippen molar-refractivity contribution >= 4 is 28.3 Å². The van der Waals surface area contributed by atoms with Gasteiger partial charge in [0.2, 0.25) is 0 Å². The topological polar surface area (TPSA) is 59.7 Å². The Morgan fingerprint density at radius 3 is 2.56 bits per heavy atom. The zero-order valence-electron chi connectivity index (χ0n) is 20.6. The van der Waals surface area contributed by atoms with Gasteiger partial charge in [0.25, 0.3) is 5.56 Å². The Kier molecular flexibility index (Phi) is 7.10. The molecule has 0 fully saturated rings. The monoisotopic (exact) mass is 480 g/mol. The lowest BCUT2D eigenvalue weighted by Gasteiger charge is -2.35. The van der Waals surface area contributed by atoms with Crippen LogP contribution in [-0.2, 0) is 11.3 Å². The number of methoxy groups -OCH3 is 1. The number of ether oxygens (including phenoxy) is 1. The van der Waals surface area contributed by atoms with Crippen LogP contribution in [0.25, 0.3) is 10.9 Å². The second-order valence-corrected chi connectivity index (χ2v) is 10.3. The molecule has 0 aliphatic carbocycles. The van der Waals surface area contributed by atoms with E-state index < -0.39 is 0 Å². The number of rotatable bonds is 8. The number of amidine groups is 1. The van der Waals surface area contributed by atoms with Gasteiger partial charge in [-0.3, -0.25) is 14.4 Å². The number of hydrogen-bond donors (Lipinski definition) is 0. The lowest BCUT2D eigenvalue weighted by atomic mass is 9.98. The van der Waals surface area contributed by atoms with Crippen LogP contribution in [-0.4, -0.2) is 46.1 Å². The van der Waals surface area contributed by atoms with Gasteiger partial charge in [-0.25, -0.2) is 4.98 Å². The van der Waals surface area contributed by atoms with Crippen molar-refractivity contribution in [3.8, 4) is 0 Å². The molecule has 0 spiro atoms. The largest absolute Gasteiger partial charge is 0.384 e. The molecular formula is C27H33ClN4O2. The summed E-state index contributed by atoms with van der Waals surface area (Å²) in [6.45, 7) is 10.4. The van der Waals surface area contributed by atoms with E-state index in [4.69, 9.17) is 26.3 Å². The highest BCUT2D eigenvalue weighted by molar-refractivity contribution is 6.31. The summed E-state index contributed by atoms with van der Waals surface area (Å²) in [6, 6.07) is 15.2. The Hall–Kier alpha value is -2.70. The minimum absolute atomic E-state index is 0.0555. The van der Waals surface area contributed by atoms with E-state index in [0.29, 0.717) is 35.5 Å². The molecule has 0 amide bonds. The van der Waals surface area contributed by atoms with E-state index in [9.17, 15) is 4.79 Å². The predicted molar refractivity (Wildman–Crippen MR) is 139 cm³/mol. The van der Waals surface area contributed by atoms with Gasteiger partial charge in [-0.2, -0.15) is 0 Å². The van der Waals surface area contributed by atoms with E-state index in [-0.39, 0.29) is 23.1 Å². The summed E-state index contributed by atoms with van der Waals surface area (Å²) in [5.74, 6) is 1.92. The molecule has 0 N–H and O–H groups in total. The van der Waals surface area contributed by atoms with Crippen molar-refractivity contribution in [2.45, 2.75) is 52.2 Å². The third-order valence-corrected chi connectivity index (χ3v) is 6.45. The fourth-order valence-electron chi connectivity index (χ4n) is 4.76. The summed E-state index contributed by atoms with van der Waals surface area (Å²) in [5, 5.41) is 1.14. The van der Waals surface area contributed by atoms with Gasteiger partial charge in [-0.15, -0.1) is 0 Å². The Morgan fingerprint density at radius 1 is 1.15 bits per heavy atom. The molecule has 1 unspecified atom stereocenters. The first-order valence-electron chi connectivity index (χ1n) is 11.8. The lowest BCUT2D eigenvalue weighted by Crippen LogP contribution is -2.42. The van der Waals surface area contributed by atoms with E-state index in [1.54, 1.807) is 25.3 Å². The fourth-order valence-corrected chi connectivity index (χ4v) is 4.93. The molecule has 4 rings (SSSR count). The quantitative estimate of drug-likeness (QED) is 0.437. The molecule has 1 aliphatic heterocycles. The third kappa shape index (κ3) is 5.03. The molecular weight excluding hydrogens is 448 g/mol. The number of aliphatic imine (C=N–C) groups is 1. The van der Waals surface area contributed by atoms with Gasteiger partial charge in [0.05, 0.1) is 35.6 Å². The van der Waals surface area contributed by atoms with Crippen molar-refractivity contribution in [3.63, 3.8) is 0 Å². The third-order valence-electron chi connectivity index (χ3n) is 6.21. The first kappa shape index (κ1) is 24.4. The molecule has 1 aromatic heterocycles. The minimum atomic E-state index is -0.221. The van der Waals surface area contributed by atoms with Crippen molar-refractivity contribution < 1.29 is 4.74 Å². The maximum atomic E-state index is 13.8. The van der Waals surface area contributed by atoms with Crippen molar-refractivity contribution in [2.24, 2.45) is 10.9 Å². The molecule has 0 bridgehead atoms. The second-order valence-electron chi connectivity index (χ2n) is 9.91. The normalized spacial score (nSPS) is 16.3. The van der Waals surface area contributed by atoms with Crippen molar-refractivity contribution in [1.29, 1.82) is 0 Å². The van der Waals surface area contributed by atoms with Gasteiger partial charge in [0.1, 0.15) is 11.7 Å². The maximum Gasteiger partial charge on any atom is 0.261 e. The number of fused-ring (bicyclic) bond motifs is 1. The molecule has 1 aliphatic rings. The van der Waals surface area contributed by atoms with Crippen LogP contribution in [0.3, 0.4) is 0 Å². The van der Waals surface area contributed by atoms with E-state index in [1.807, 2.05) is 34.9 Å². The molecule has 34 heavy (non-hydrogen) atoms. The number of benzene rings is 2. The summed E-state index contributed by atoms with van der Waals surface area (Å²) in [7, 11) is 1.71. The molecule has 7 heteroatoms. The molecule has 3 aromatic rings. The zero-order chi connectivity index (χ0) is 24.5. The summed E-state index contributed by atoms with van der Waals surface area (Å²) in [6.07, 6.45) is 0.714. The van der Waals surface area contributed by atoms with Crippen LogP contribution in [0.15, 0.2) is 58.3 Å². The summed E-state index contributed by atoms with van der Waals surface area (Å²) >= 11 is 6.29. The number of aromatic nitrogens is 2. The average molecular weight is 481 g/mol. The van der Waals surface area contributed by atoms with Gasteiger partial charge in [-0.1, -0.05) is 55.8 Å².